The summed E-state index contributed by atoms with van der Waals surface area (Å²) in [5.74, 6) is 0.462. The van der Waals surface area contributed by atoms with Gasteiger partial charge in [0.1, 0.15) is 0 Å². The number of aliphatic hydroxyl groups excluding tert-OH is 1. The van der Waals surface area contributed by atoms with Gasteiger partial charge in [0.15, 0.2) is 11.5 Å². The maximum atomic E-state index is 9.81. The SMILES string of the molecule is COc1ccc(C(CO)Nc2ccccc2Br)cc1O. The van der Waals surface area contributed by atoms with E-state index >= 15 is 0 Å². The highest BCUT2D eigenvalue weighted by molar-refractivity contribution is 9.10. The van der Waals surface area contributed by atoms with E-state index in [0.29, 0.717) is 5.75 Å². The average Bonchev–Trinajstić information content (AvgIpc) is 2.46. The fraction of sp³-hybridized carbons (Fsp3) is 0.200. The number of aliphatic hydroxyl groups is 1. The zero-order valence-corrected chi connectivity index (χ0v) is 12.6. The van der Waals surface area contributed by atoms with Crippen LogP contribution in [0.15, 0.2) is 46.9 Å². The van der Waals surface area contributed by atoms with Gasteiger partial charge < -0.3 is 20.3 Å². The lowest BCUT2D eigenvalue weighted by atomic mass is 10.1. The molecular formula is C15H16BrNO3. The molecule has 0 aliphatic carbocycles. The van der Waals surface area contributed by atoms with Crippen LogP contribution in [0.4, 0.5) is 5.69 Å². The summed E-state index contributed by atoms with van der Waals surface area (Å²) in [6.45, 7) is -0.0902. The zero-order chi connectivity index (χ0) is 14.5. The maximum Gasteiger partial charge on any atom is 0.160 e. The highest BCUT2D eigenvalue weighted by Crippen LogP contribution is 2.31. The van der Waals surface area contributed by atoms with Gasteiger partial charge in [-0.05, 0) is 45.8 Å². The van der Waals surface area contributed by atoms with Gasteiger partial charge in [-0.15, -0.1) is 0 Å². The lowest BCUT2D eigenvalue weighted by molar-refractivity contribution is 0.276. The fourth-order valence-corrected chi connectivity index (χ4v) is 2.32. The summed E-state index contributed by atoms with van der Waals surface area (Å²) in [7, 11) is 1.50. The number of hydrogen-bond acceptors (Lipinski definition) is 4. The highest BCUT2D eigenvalue weighted by atomic mass is 79.9. The van der Waals surface area contributed by atoms with E-state index in [-0.39, 0.29) is 18.4 Å². The summed E-state index contributed by atoms with van der Waals surface area (Å²) in [6.07, 6.45) is 0. The van der Waals surface area contributed by atoms with Crippen molar-refractivity contribution in [3.63, 3.8) is 0 Å². The molecule has 0 amide bonds. The molecule has 0 aromatic heterocycles. The number of nitrogens with one attached hydrogen (secondary N) is 1. The van der Waals surface area contributed by atoms with Crippen LogP contribution in [0.5, 0.6) is 11.5 Å². The predicted molar refractivity (Wildman–Crippen MR) is 82.3 cm³/mol. The van der Waals surface area contributed by atoms with Gasteiger partial charge in [0, 0.05) is 10.2 Å². The van der Waals surface area contributed by atoms with Crippen LogP contribution in [-0.4, -0.2) is 23.9 Å². The number of anilines is 1. The number of phenolic OH excluding ortho intramolecular Hbond substituents is 1. The van der Waals surface area contributed by atoms with Crippen LogP contribution in [-0.2, 0) is 0 Å². The van der Waals surface area contributed by atoms with Crippen molar-refractivity contribution in [2.75, 3.05) is 19.0 Å². The molecule has 4 nitrogen and oxygen atoms in total. The molecule has 2 aromatic rings. The Bertz CT molecular complexity index is 589. The van der Waals surface area contributed by atoms with Gasteiger partial charge in [0.05, 0.1) is 19.8 Å². The first kappa shape index (κ1) is 14.7. The molecule has 106 valence electrons. The molecule has 0 aliphatic rings. The molecule has 0 bridgehead atoms. The Morgan fingerprint density at radius 3 is 2.60 bits per heavy atom. The molecular weight excluding hydrogens is 322 g/mol. The second-order valence-electron chi connectivity index (χ2n) is 4.29. The van der Waals surface area contributed by atoms with Gasteiger partial charge in [-0.1, -0.05) is 18.2 Å². The first-order valence-corrected chi connectivity index (χ1v) is 6.94. The molecule has 20 heavy (non-hydrogen) atoms. The van der Waals surface area contributed by atoms with Crippen LogP contribution in [0.3, 0.4) is 0 Å². The van der Waals surface area contributed by atoms with Crippen molar-refractivity contribution in [2.24, 2.45) is 0 Å². The van der Waals surface area contributed by atoms with Crippen molar-refractivity contribution < 1.29 is 14.9 Å². The van der Waals surface area contributed by atoms with Crippen molar-refractivity contribution in [1.82, 2.24) is 0 Å². The molecule has 3 N–H and O–H groups in total. The van der Waals surface area contributed by atoms with E-state index in [9.17, 15) is 10.2 Å². The minimum absolute atomic E-state index is 0.0531. The van der Waals surface area contributed by atoms with Gasteiger partial charge in [-0.3, -0.25) is 0 Å². The Balaban J connectivity index is 2.24. The lowest BCUT2D eigenvalue weighted by Crippen LogP contribution is -2.15. The van der Waals surface area contributed by atoms with Crippen LogP contribution in [0.25, 0.3) is 0 Å². The number of halogens is 1. The van der Waals surface area contributed by atoms with E-state index in [0.717, 1.165) is 15.7 Å². The number of ether oxygens (including phenoxy) is 1. The Labute approximate surface area is 126 Å². The molecule has 0 saturated carbocycles. The summed E-state index contributed by atoms with van der Waals surface area (Å²) in [5.41, 5.74) is 1.66. The van der Waals surface area contributed by atoms with Crippen molar-refractivity contribution >= 4 is 21.6 Å². The molecule has 0 heterocycles. The van der Waals surface area contributed by atoms with Crippen molar-refractivity contribution in [3.8, 4) is 11.5 Å². The zero-order valence-electron chi connectivity index (χ0n) is 11.0. The van der Waals surface area contributed by atoms with Crippen molar-refractivity contribution in [3.05, 3.63) is 52.5 Å². The van der Waals surface area contributed by atoms with Crippen LogP contribution in [0.1, 0.15) is 11.6 Å². The number of benzene rings is 2. The average molecular weight is 338 g/mol. The van der Waals surface area contributed by atoms with E-state index in [1.54, 1.807) is 12.1 Å². The van der Waals surface area contributed by atoms with Crippen LogP contribution < -0.4 is 10.1 Å². The van der Waals surface area contributed by atoms with Crippen LogP contribution in [0.2, 0.25) is 0 Å². The molecule has 2 aromatic carbocycles. The summed E-state index contributed by atoms with van der Waals surface area (Å²) in [6, 6.07) is 12.4. The van der Waals surface area contributed by atoms with Crippen molar-refractivity contribution in [2.45, 2.75) is 6.04 Å². The Kier molecular flexibility index (Phi) is 4.87. The van der Waals surface area contributed by atoms with Gasteiger partial charge in [0.25, 0.3) is 0 Å². The summed E-state index contributed by atoms with van der Waals surface area (Å²) in [4.78, 5) is 0. The standard InChI is InChI=1S/C15H16BrNO3/c1-20-15-7-6-10(8-14(15)19)13(9-18)17-12-5-3-2-4-11(12)16/h2-8,13,17-19H,9H2,1H3. The molecule has 0 saturated heterocycles. The molecule has 0 spiro atoms. The first-order valence-electron chi connectivity index (χ1n) is 6.14. The van der Waals surface area contributed by atoms with Gasteiger partial charge in [0.2, 0.25) is 0 Å². The van der Waals surface area contributed by atoms with E-state index in [1.807, 2.05) is 30.3 Å². The Morgan fingerprint density at radius 2 is 2.00 bits per heavy atom. The molecule has 0 fully saturated rings. The third kappa shape index (κ3) is 3.23. The lowest BCUT2D eigenvalue weighted by Gasteiger charge is -2.19. The van der Waals surface area contributed by atoms with E-state index in [4.69, 9.17) is 4.74 Å². The second kappa shape index (κ2) is 6.63. The number of rotatable bonds is 5. The summed E-state index contributed by atoms with van der Waals surface area (Å²) in [5, 5.41) is 22.6. The molecule has 0 radical (unpaired) electrons. The quantitative estimate of drug-likeness (QED) is 0.783. The smallest absolute Gasteiger partial charge is 0.160 e. The number of phenols is 1. The number of hydrogen-bond donors (Lipinski definition) is 3. The minimum atomic E-state index is -0.314. The molecule has 5 heteroatoms. The van der Waals surface area contributed by atoms with Gasteiger partial charge in [-0.25, -0.2) is 0 Å². The maximum absolute atomic E-state index is 9.81. The monoisotopic (exact) mass is 337 g/mol. The van der Waals surface area contributed by atoms with E-state index < -0.39 is 0 Å². The van der Waals surface area contributed by atoms with Crippen molar-refractivity contribution in [1.29, 1.82) is 0 Å². The van der Waals surface area contributed by atoms with E-state index in [2.05, 4.69) is 21.2 Å². The minimum Gasteiger partial charge on any atom is -0.504 e. The topological polar surface area (TPSA) is 61.7 Å². The van der Waals surface area contributed by atoms with Crippen LogP contribution >= 0.6 is 15.9 Å². The number of methoxy groups -OCH3 is 1. The fourth-order valence-electron chi connectivity index (χ4n) is 1.92. The van der Waals surface area contributed by atoms with Gasteiger partial charge >= 0.3 is 0 Å². The molecule has 1 unspecified atom stereocenters. The molecule has 0 aliphatic heterocycles. The Morgan fingerprint density at radius 1 is 1.25 bits per heavy atom. The molecule has 1 atom stereocenters. The normalized spacial score (nSPS) is 11.9. The third-order valence-corrected chi connectivity index (χ3v) is 3.68. The summed E-state index contributed by atoms with van der Waals surface area (Å²) >= 11 is 3.45. The van der Waals surface area contributed by atoms with Crippen LogP contribution in [0, 0.1) is 0 Å². The van der Waals surface area contributed by atoms with Gasteiger partial charge in [-0.2, -0.15) is 0 Å². The largest absolute Gasteiger partial charge is 0.504 e. The summed E-state index contributed by atoms with van der Waals surface area (Å²) < 4.78 is 5.92. The second-order valence-corrected chi connectivity index (χ2v) is 5.14. The predicted octanol–water partition coefficient (Wildman–Crippen LogP) is 3.31. The first-order chi connectivity index (χ1) is 9.65. The number of aromatic hydroxyl groups is 1. The highest BCUT2D eigenvalue weighted by Gasteiger charge is 2.13. The third-order valence-electron chi connectivity index (χ3n) is 2.99. The Hall–Kier alpha value is -1.72. The van der Waals surface area contributed by atoms with E-state index in [1.165, 1.54) is 7.11 Å². The number of para-hydroxylation sites is 1. The molecule has 2 rings (SSSR count).